The van der Waals surface area contributed by atoms with Gasteiger partial charge in [0.25, 0.3) is 11.7 Å². The van der Waals surface area contributed by atoms with Gasteiger partial charge < -0.3 is 17.5 Å². The van der Waals surface area contributed by atoms with Gasteiger partial charge in [-0.05, 0) is 47.5 Å². The van der Waals surface area contributed by atoms with Crippen molar-refractivity contribution >= 4 is 22.6 Å². The first kappa shape index (κ1) is 22.1. The number of para-hydroxylation sites is 1. The molecule has 0 atom stereocenters. The fraction of sp³-hybridized carbons (Fsp3) is 0.0435. The summed E-state index contributed by atoms with van der Waals surface area (Å²) >= 11 is 0. The molecule has 4 rings (SSSR count). The number of carbonyl (C=O) groups excluding carboxylic acids is 1. The average Bonchev–Trinajstić information content (AvgIpc) is 2.77. The van der Waals surface area contributed by atoms with Crippen LogP contribution in [0.4, 0.5) is 14.6 Å². The number of nitrogens with one attached hydrogen (secondary N) is 3. The molecule has 4 aromatic rings. The largest absolute Gasteiger partial charge is 1.00 e. The molecule has 31 heavy (non-hydrogen) atoms. The van der Waals surface area contributed by atoms with Gasteiger partial charge >= 0.3 is 0 Å². The number of benzene rings is 3. The van der Waals surface area contributed by atoms with Gasteiger partial charge in [-0.25, -0.2) is 13.8 Å². The highest BCUT2D eigenvalue weighted by molar-refractivity contribution is 5.90. The van der Waals surface area contributed by atoms with E-state index in [-0.39, 0.29) is 23.5 Å². The second-order valence-electron chi connectivity index (χ2n) is 6.76. The maximum Gasteiger partial charge on any atom is 0.296 e. The highest BCUT2D eigenvalue weighted by atomic mass is 35.5. The Kier molecular flexibility index (Phi) is 6.48. The van der Waals surface area contributed by atoms with E-state index in [0.29, 0.717) is 5.82 Å². The first-order valence-electron chi connectivity index (χ1n) is 9.19. The summed E-state index contributed by atoms with van der Waals surface area (Å²) in [5, 5.41) is 12.3. The van der Waals surface area contributed by atoms with Crippen LogP contribution in [0.1, 0.15) is 11.1 Å². The molecule has 0 aliphatic carbocycles. The molecule has 1 amide bonds. The molecule has 4 N–H and O–H groups in total. The Balaban J connectivity index is 0.00000272. The fourth-order valence-electron chi connectivity index (χ4n) is 3.21. The van der Waals surface area contributed by atoms with E-state index in [1.807, 2.05) is 30.3 Å². The third-order valence-electron chi connectivity index (χ3n) is 4.82. The van der Waals surface area contributed by atoms with E-state index in [4.69, 9.17) is 0 Å². The van der Waals surface area contributed by atoms with E-state index >= 15 is 0 Å². The SMILES string of the molecule is O=C(NNc1ccc2ccccc2[nH+]1)C(O)(c1ccc(F)cc1)c1ccc(F)cc1.[Cl-]. The number of aliphatic hydroxyl groups is 1. The van der Waals surface area contributed by atoms with Crippen LogP contribution in [0.2, 0.25) is 0 Å². The summed E-state index contributed by atoms with van der Waals surface area (Å²) in [5.74, 6) is -1.35. The molecular formula is C23H18ClF2N3O2. The monoisotopic (exact) mass is 441 g/mol. The van der Waals surface area contributed by atoms with Crippen molar-refractivity contribution in [2.24, 2.45) is 0 Å². The van der Waals surface area contributed by atoms with E-state index < -0.39 is 23.1 Å². The highest BCUT2D eigenvalue weighted by Gasteiger charge is 2.41. The molecule has 8 heteroatoms. The van der Waals surface area contributed by atoms with Gasteiger partial charge in [0.05, 0.1) is 0 Å². The van der Waals surface area contributed by atoms with Gasteiger partial charge in [-0.1, -0.05) is 42.5 Å². The van der Waals surface area contributed by atoms with Crippen LogP contribution in [0.15, 0.2) is 84.9 Å². The lowest BCUT2D eigenvalue weighted by molar-refractivity contribution is -0.327. The number of amides is 1. The summed E-state index contributed by atoms with van der Waals surface area (Å²) in [4.78, 5) is 16.2. The zero-order valence-electron chi connectivity index (χ0n) is 16.1. The third-order valence-corrected chi connectivity index (χ3v) is 4.82. The summed E-state index contributed by atoms with van der Waals surface area (Å²) in [6.45, 7) is 0. The lowest BCUT2D eigenvalue weighted by Gasteiger charge is -2.27. The fourth-order valence-corrected chi connectivity index (χ4v) is 3.21. The number of hydrazine groups is 1. The average molecular weight is 442 g/mol. The van der Waals surface area contributed by atoms with Gasteiger partial charge in [-0.2, -0.15) is 10.9 Å². The van der Waals surface area contributed by atoms with Crippen LogP contribution >= 0.6 is 0 Å². The van der Waals surface area contributed by atoms with Gasteiger partial charge in [-0.3, -0.25) is 4.79 Å². The number of hydrogen-bond donors (Lipinski definition) is 3. The first-order valence-corrected chi connectivity index (χ1v) is 9.19. The topological polar surface area (TPSA) is 75.5 Å². The minimum atomic E-state index is -2.18. The van der Waals surface area contributed by atoms with Crippen LogP contribution in [0.25, 0.3) is 10.9 Å². The molecule has 0 unspecified atom stereocenters. The van der Waals surface area contributed by atoms with Crippen molar-refractivity contribution in [1.29, 1.82) is 0 Å². The smallest absolute Gasteiger partial charge is 0.296 e. The van der Waals surface area contributed by atoms with E-state index in [9.17, 15) is 18.7 Å². The molecule has 0 spiro atoms. The Morgan fingerprint density at radius 3 is 1.94 bits per heavy atom. The molecule has 0 fully saturated rings. The molecule has 0 saturated carbocycles. The standard InChI is InChI=1S/C23H17F2N3O2.ClH/c24-18-10-6-16(7-11-18)23(30,17-8-12-19(25)13-9-17)22(29)28-27-21-14-5-15-3-1-2-4-20(15)26-21;/h1-14,30H,(H,26,27)(H,28,29);1H. The zero-order valence-corrected chi connectivity index (χ0v) is 16.8. The van der Waals surface area contributed by atoms with Crippen molar-refractivity contribution in [3.63, 3.8) is 0 Å². The van der Waals surface area contributed by atoms with Gasteiger partial charge in [-0.15, -0.1) is 0 Å². The third kappa shape index (κ3) is 4.47. The molecule has 158 valence electrons. The molecule has 0 aliphatic heterocycles. The number of fused-ring (bicyclic) bond motifs is 1. The Hall–Kier alpha value is -3.55. The number of aromatic amines is 1. The normalized spacial score (nSPS) is 10.9. The molecule has 0 bridgehead atoms. The second kappa shape index (κ2) is 9.07. The van der Waals surface area contributed by atoms with Crippen molar-refractivity contribution in [3.05, 3.63) is 108 Å². The van der Waals surface area contributed by atoms with E-state index in [1.54, 1.807) is 6.07 Å². The minimum absolute atomic E-state index is 0. The van der Waals surface area contributed by atoms with Crippen LogP contribution in [0.5, 0.6) is 0 Å². The van der Waals surface area contributed by atoms with Crippen molar-refractivity contribution < 1.29 is 36.1 Å². The maximum absolute atomic E-state index is 13.4. The predicted molar refractivity (Wildman–Crippen MR) is 108 cm³/mol. The summed E-state index contributed by atoms with van der Waals surface area (Å²) in [7, 11) is 0. The number of anilines is 1. The number of hydrogen-bond acceptors (Lipinski definition) is 3. The lowest BCUT2D eigenvalue weighted by Crippen LogP contribution is -3.00. The molecular weight excluding hydrogens is 424 g/mol. The first-order chi connectivity index (χ1) is 14.5. The number of H-pyrrole nitrogens is 1. The van der Waals surface area contributed by atoms with Crippen LogP contribution in [0.3, 0.4) is 0 Å². The lowest BCUT2D eigenvalue weighted by atomic mass is 9.85. The van der Waals surface area contributed by atoms with Crippen LogP contribution in [-0.2, 0) is 10.4 Å². The number of rotatable bonds is 5. The van der Waals surface area contributed by atoms with E-state index in [0.717, 1.165) is 35.2 Å². The van der Waals surface area contributed by atoms with Crippen LogP contribution < -0.4 is 28.2 Å². The maximum atomic E-state index is 13.4. The van der Waals surface area contributed by atoms with Crippen LogP contribution in [0, 0.1) is 11.6 Å². The van der Waals surface area contributed by atoms with Gasteiger partial charge in [0.1, 0.15) is 17.2 Å². The Morgan fingerprint density at radius 1 is 0.806 bits per heavy atom. The zero-order chi connectivity index (χ0) is 21.1. The molecule has 5 nitrogen and oxygen atoms in total. The molecule has 1 aromatic heterocycles. The quantitative estimate of drug-likeness (QED) is 0.390. The molecule has 0 saturated heterocycles. The van der Waals surface area contributed by atoms with Gasteiger partial charge in [0.15, 0.2) is 5.60 Å². The summed E-state index contributed by atoms with van der Waals surface area (Å²) in [6.07, 6.45) is 0. The summed E-state index contributed by atoms with van der Waals surface area (Å²) in [6, 6.07) is 21.0. The number of halogens is 3. The molecule has 1 heterocycles. The number of carbonyl (C=O) groups is 1. The van der Waals surface area contributed by atoms with Crippen molar-refractivity contribution in [1.82, 2.24) is 5.43 Å². The van der Waals surface area contributed by atoms with E-state index in [1.165, 1.54) is 24.3 Å². The molecule has 0 aliphatic rings. The van der Waals surface area contributed by atoms with E-state index in [2.05, 4.69) is 15.8 Å². The van der Waals surface area contributed by atoms with Crippen molar-refractivity contribution in [3.8, 4) is 0 Å². The second-order valence-corrected chi connectivity index (χ2v) is 6.76. The predicted octanol–water partition coefficient (Wildman–Crippen LogP) is 0.315. The number of pyridine rings is 1. The minimum Gasteiger partial charge on any atom is -1.00 e. The Labute approximate surface area is 183 Å². The Bertz CT molecular complexity index is 1160. The number of aromatic nitrogens is 1. The summed E-state index contributed by atoms with van der Waals surface area (Å²) in [5.41, 5.74) is 4.16. The van der Waals surface area contributed by atoms with Crippen molar-refractivity contribution in [2.75, 3.05) is 5.43 Å². The van der Waals surface area contributed by atoms with Gasteiger partial charge in [0.2, 0.25) is 0 Å². The summed E-state index contributed by atoms with van der Waals surface area (Å²) < 4.78 is 26.8. The molecule has 3 aromatic carbocycles. The van der Waals surface area contributed by atoms with Crippen LogP contribution in [-0.4, -0.2) is 11.0 Å². The van der Waals surface area contributed by atoms with Gasteiger partial charge in [0, 0.05) is 11.5 Å². The highest BCUT2D eigenvalue weighted by Crippen LogP contribution is 2.30. The van der Waals surface area contributed by atoms with Crippen molar-refractivity contribution in [2.45, 2.75) is 5.60 Å². The Morgan fingerprint density at radius 2 is 1.35 bits per heavy atom. The molecule has 0 radical (unpaired) electrons.